The lowest BCUT2D eigenvalue weighted by atomic mass is 9.86. The Morgan fingerprint density at radius 1 is 1.15 bits per heavy atom. The Hall–Kier alpha value is -1.51. The third kappa shape index (κ3) is 6.09. The highest BCUT2D eigenvalue weighted by molar-refractivity contribution is 5.67. The van der Waals surface area contributed by atoms with E-state index in [1.165, 1.54) is 11.1 Å². The molecule has 0 aliphatic heterocycles. The van der Waals surface area contributed by atoms with Gasteiger partial charge in [-0.2, -0.15) is 0 Å². The van der Waals surface area contributed by atoms with Gasteiger partial charge in [0.1, 0.15) is 5.60 Å². The number of nitrogens with one attached hydrogen (secondary N) is 1. The summed E-state index contributed by atoms with van der Waals surface area (Å²) in [5.41, 5.74) is 2.24. The van der Waals surface area contributed by atoms with Crippen molar-refractivity contribution in [3.63, 3.8) is 0 Å². The molecule has 20 heavy (non-hydrogen) atoms. The van der Waals surface area contributed by atoms with Gasteiger partial charge in [0.2, 0.25) is 0 Å². The molecular formula is C17H27NO2. The van der Waals surface area contributed by atoms with Gasteiger partial charge in [-0.3, -0.25) is 0 Å². The highest BCUT2D eigenvalue weighted by atomic mass is 16.6. The maximum Gasteiger partial charge on any atom is 0.407 e. The highest BCUT2D eigenvalue weighted by Crippen LogP contribution is 2.22. The number of amides is 1. The van der Waals surface area contributed by atoms with Gasteiger partial charge >= 0.3 is 6.09 Å². The first-order valence-electron chi connectivity index (χ1n) is 7.14. The summed E-state index contributed by atoms with van der Waals surface area (Å²) in [5.74, 6) is 0. The summed E-state index contributed by atoms with van der Waals surface area (Å²) in [4.78, 5) is 11.5. The van der Waals surface area contributed by atoms with Crippen LogP contribution in [0.3, 0.4) is 0 Å². The first-order chi connectivity index (χ1) is 9.08. The average Bonchev–Trinajstić information content (AvgIpc) is 2.25. The maximum atomic E-state index is 11.5. The molecule has 3 nitrogen and oxygen atoms in total. The van der Waals surface area contributed by atoms with E-state index in [2.05, 4.69) is 50.4 Å². The van der Waals surface area contributed by atoms with Crippen LogP contribution in [0.2, 0.25) is 0 Å². The quantitative estimate of drug-likeness (QED) is 0.905. The minimum absolute atomic E-state index is 0.147. The number of alkyl carbamates (subject to hydrolysis) is 1. The van der Waals surface area contributed by atoms with Gasteiger partial charge < -0.3 is 10.1 Å². The number of hydrogen-bond donors (Lipinski definition) is 1. The summed E-state index contributed by atoms with van der Waals surface area (Å²) in [7, 11) is 0. The van der Waals surface area contributed by atoms with Crippen LogP contribution in [0.25, 0.3) is 0 Å². The van der Waals surface area contributed by atoms with Gasteiger partial charge in [-0.1, -0.05) is 45.0 Å². The summed E-state index contributed by atoms with van der Waals surface area (Å²) in [6, 6.07) is 8.51. The number of carbonyl (C=O) groups is 1. The van der Waals surface area contributed by atoms with E-state index >= 15 is 0 Å². The maximum absolute atomic E-state index is 11.5. The fourth-order valence-corrected chi connectivity index (χ4v) is 1.82. The average molecular weight is 277 g/mol. The highest BCUT2D eigenvalue weighted by Gasteiger charge is 2.16. The van der Waals surface area contributed by atoms with Gasteiger partial charge in [-0.05, 0) is 43.7 Å². The fourth-order valence-electron chi connectivity index (χ4n) is 1.82. The molecule has 1 rings (SSSR count). The number of ether oxygens (including phenoxy) is 1. The van der Waals surface area contributed by atoms with Gasteiger partial charge in [-0.15, -0.1) is 0 Å². The predicted octanol–water partition coefficient (Wildman–Crippen LogP) is 4.05. The Balaban J connectivity index is 2.49. The zero-order valence-electron chi connectivity index (χ0n) is 13.5. The molecule has 0 spiro atoms. The van der Waals surface area contributed by atoms with Crippen LogP contribution in [-0.4, -0.2) is 18.2 Å². The standard InChI is InChI=1S/C17H27NO2/c1-16(2,3)14-9-7-8-13(12-14)10-11-18-15(19)20-17(4,5)6/h7-9,12H,10-11H2,1-6H3,(H,18,19). The molecule has 0 saturated heterocycles. The molecule has 0 heterocycles. The molecule has 0 atom stereocenters. The first-order valence-corrected chi connectivity index (χ1v) is 7.14. The molecule has 1 N–H and O–H groups in total. The summed E-state index contributed by atoms with van der Waals surface area (Å²) in [6.45, 7) is 12.8. The van der Waals surface area contributed by atoms with Gasteiger partial charge in [-0.25, -0.2) is 4.79 Å². The van der Waals surface area contributed by atoms with Crippen molar-refractivity contribution in [2.24, 2.45) is 0 Å². The molecule has 0 aliphatic rings. The Morgan fingerprint density at radius 3 is 2.35 bits per heavy atom. The molecule has 0 saturated carbocycles. The van der Waals surface area contributed by atoms with Gasteiger partial charge in [0, 0.05) is 6.54 Å². The summed E-state index contributed by atoms with van der Waals surface area (Å²) < 4.78 is 5.20. The second kappa shape index (κ2) is 6.29. The first kappa shape index (κ1) is 16.5. The number of hydrogen-bond acceptors (Lipinski definition) is 2. The van der Waals surface area contributed by atoms with Crippen LogP contribution in [0.4, 0.5) is 4.79 Å². The van der Waals surface area contributed by atoms with Crippen LogP contribution in [-0.2, 0) is 16.6 Å². The lowest BCUT2D eigenvalue weighted by molar-refractivity contribution is 0.0528. The van der Waals surface area contributed by atoms with Crippen molar-refractivity contribution in [1.82, 2.24) is 5.32 Å². The summed E-state index contributed by atoms with van der Waals surface area (Å²) in [5, 5.41) is 2.78. The van der Waals surface area contributed by atoms with Crippen LogP contribution in [0.5, 0.6) is 0 Å². The molecule has 1 aromatic rings. The van der Waals surface area contributed by atoms with Crippen LogP contribution in [0.1, 0.15) is 52.7 Å². The zero-order chi connectivity index (χ0) is 15.4. The molecule has 0 radical (unpaired) electrons. The summed E-state index contributed by atoms with van der Waals surface area (Å²) in [6.07, 6.45) is 0.452. The third-order valence-electron chi connectivity index (χ3n) is 2.87. The van der Waals surface area contributed by atoms with Gasteiger partial charge in [0.15, 0.2) is 0 Å². The largest absolute Gasteiger partial charge is 0.444 e. The second-order valence-electron chi connectivity index (χ2n) is 7.13. The number of rotatable bonds is 3. The monoisotopic (exact) mass is 277 g/mol. The molecule has 112 valence electrons. The molecule has 0 bridgehead atoms. The van der Waals surface area contributed by atoms with E-state index in [4.69, 9.17) is 4.74 Å². The minimum atomic E-state index is -0.448. The molecule has 3 heteroatoms. The minimum Gasteiger partial charge on any atom is -0.444 e. The Morgan fingerprint density at radius 2 is 1.80 bits per heavy atom. The zero-order valence-corrected chi connectivity index (χ0v) is 13.5. The van der Waals surface area contributed by atoms with Crippen molar-refractivity contribution in [3.8, 4) is 0 Å². The van der Waals surface area contributed by atoms with Crippen molar-refractivity contribution in [1.29, 1.82) is 0 Å². The van der Waals surface area contributed by atoms with E-state index in [0.717, 1.165) is 6.42 Å². The SMILES string of the molecule is CC(C)(C)OC(=O)NCCc1cccc(C(C)(C)C)c1. The van der Waals surface area contributed by atoms with Gasteiger partial charge in [0.05, 0.1) is 0 Å². The lowest BCUT2D eigenvalue weighted by Gasteiger charge is -2.20. The fraction of sp³-hybridized carbons (Fsp3) is 0.588. The number of benzene rings is 1. The third-order valence-corrected chi connectivity index (χ3v) is 2.87. The second-order valence-corrected chi connectivity index (χ2v) is 7.13. The predicted molar refractivity (Wildman–Crippen MR) is 83.1 cm³/mol. The van der Waals surface area contributed by atoms with E-state index < -0.39 is 5.60 Å². The van der Waals surface area contributed by atoms with Crippen LogP contribution < -0.4 is 5.32 Å². The van der Waals surface area contributed by atoms with Crippen molar-refractivity contribution in [2.75, 3.05) is 6.54 Å². The normalized spacial score (nSPS) is 12.1. The summed E-state index contributed by atoms with van der Waals surface area (Å²) >= 11 is 0. The van der Waals surface area contributed by atoms with E-state index in [9.17, 15) is 4.79 Å². The van der Waals surface area contributed by atoms with Crippen LogP contribution in [0, 0.1) is 0 Å². The Labute approximate surface area is 122 Å². The van der Waals surface area contributed by atoms with Crippen molar-refractivity contribution in [2.45, 2.75) is 59.0 Å². The topological polar surface area (TPSA) is 38.3 Å². The molecule has 1 aromatic carbocycles. The van der Waals surface area contributed by atoms with E-state index in [0.29, 0.717) is 6.54 Å². The van der Waals surface area contributed by atoms with Crippen LogP contribution in [0.15, 0.2) is 24.3 Å². The Bertz CT molecular complexity index is 453. The van der Waals surface area contributed by atoms with E-state index in [1.54, 1.807) is 0 Å². The van der Waals surface area contributed by atoms with Crippen molar-refractivity contribution >= 4 is 6.09 Å². The van der Waals surface area contributed by atoms with E-state index in [1.807, 2.05) is 20.8 Å². The lowest BCUT2D eigenvalue weighted by Crippen LogP contribution is -2.33. The van der Waals surface area contributed by atoms with Crippen LogP contribution >= 0.6 is 0 Å². The van der Waals surface area contributed by atoms with Crippen molar-refractivity contribution in [3.05, 3.63) is 35.4 Å². The molecule has 0 fully saturated rings. The number of carbonyl (C=O) groups excluding carboxylic acids is 1. The molecule has 1 amide bonds. The molecule has 0 unspecified atom stereocenters. The van der Waals surface area contributed by atoms with Crippen molar-refractivity contribution < 1.29 is 9.53 Å². The molecular weight excluding hydrogens is 250 g/mol. The van der Waals surface area contributed by atoms with E-state index in [-0.39, 0.29) is 11.5 Å². The Kier molecular flexibility index (Phi) is 5.21. The molecule has 0 aliphatic carbocycles. The molecule has 0 aromatic heterocycles. The van der Waals surface area contributed by atoms with Gasteiger partial charge in [0.25, 0.3) is 0 Å². The smallest absolute Gasteiger partial charge is 0.407 e.